The van der Waals surface area contributed by atoms with Crippen LogP contribution < -0.4 is 11.3 Å². The van der Waals surface area contributed by atoms with E-state index in [1.807, 2.05) is 25.5 Å². The standard InChI is InChI=1S/C13H18N4/c1-17-10-12(9-15-17)13(16-14)8-7-11-5-3-2-4-6-11/h2-6,9-10,13,16H,7-8,14H2,1H3. The molecule has 1 atom stereocenters. The molecule has 1 unspecified atom stereocenters. The van der Waals surface area contributed by atoms with Gasteiger partial charge in [-0.05, 0) is 18.4 Å². The van der Waals surface area contributed by atoms with Gasteiger partial charge in [-0.25, -0.2) is 0 Å². The Bertz CT molecular complexity index is 449. The van der Waals surface area contributed by atoms with Crippen molar-refractivity contribution >= 4 is 0 Å². The number of hydrogen-bond acceptors (Lipinski definition) is 3. The maximum absolute atomic E-state index is 5.59. The van der Waals surface area contributed by atoms with Crippen LogP contribution in [0, 0.1) is 0 Å². The molecule has 1 aromatic heterocycles. The highest BCUT2D eigenvalue weighted by Gasteiger charge is 2.11. The summed E-state index contributed by atoms with van der Waals surface area (Å²) in [4.78, 5) is 0. The fourth-order valence-electron chi connectivity index (χ4n) is 1.92. The number of nitrogens with two attached hydrogens (primary N) is 1. The Kier molecular flexibility index (Phi) is 3.90. The minimum atomic E-state index is 0.156. The highest BCUT2D eigenvalue weighted by atomic mass is 15.3. The summed E-state index contributed by atoms with van der Waals surface area (Å²) in [7, 11) is 1.91. The van der Waals surface area contributed by atoms with Gasteiger partial charge in [-0.3, -0.25) is 16.0 Å². The zero-order chi connectivity index (χ0) is 12.1. The van der Waals surface area contributed by atoms with Crippen LogP contribution in [0.4, 0.5) is 0 Å². The van der Waals surface area contributed by atoms with Gasteiger partial charge in [0.2, 0.25) is 0 Å². The molecule has 0 aliphatic heterocycles. The van der Waals surface area contributed by atoms with Gasteiger partial charge in [-0.1, -0.05) is 30.3 Å². The smallest absolute Gasteiger partial charge is 0.0538 e. The summed E-state index contributed by atoms with van der Waals surface area (Å²) < 4.78 is 1.79. The van der Waals surface area contributed by atoms with E-state index >= 15 is 0 Å². The SMILES string of the molecule is Cn1cc(C(CCc2ccccc2)NN)cn1. The molecule has 0 saturated heterocycles. The maximum Gasteiger partial charge on any atom is 0.0538 e. The van der Waals surface area contributed by atoms with Crippen molar-refractivity contribution in [1.29, 1.82) is 0 Å². The summed E-state index contributed by atoms with van der Waals surface area (Å²) in [5, 5.41) is 4.16. The quantitative estimate of drug-likeness (QED) is 0.605. The van der Waals surface area contributed by atoms with E-state index in [9.17, 15) is 0 Å². The normalized spacial score (nSPS) is 12.6. The molecule has 0 amide bonds. The Labute approximate surface area is 101 Å². The summed E-state index contributed by atoms with van der Waals surface area (Å²) in [6.45, 7) is 0. The summed E-state index contributed by atoms with van der Waals surface area (Å²) in [6.07, 6.45) is 5.82. The molecule has 1 aromatic carbocycles. The van der Waals surface area contributed by atoms with E-state index < -0.39 is 0 Å². The van der Waals surface area contributed by atoms with Crippen LogP contribution in [0.15, 0.2) is 42.7 Å². The van der Waals surface area contributed by atoms with Crippen molar-refractivity contribution in [3.8, 4) is 0 Å². The number of hydrazine groups is 1. The molecular formula is C13H18N4. The van der Waals surface area contributed by atoms with E-state index in [-0.39, 0.29) is 6.04 Å². The van der Waals surface area contributed by atoms with Crippen LogP contribution in [-0.4, -0.2) is 9.78 Å². The van der Waals surface area contributed by atoms with E-state index in [4.69, 9.17) is 5.84 Å². The van der Waals surface area contributed by atoms with Crippen molar-refractivity contribution in [2.24, 2.45) is 12.9 Å². The summed E-state index contributed by atoms with van der Waals surface area (Å²) in [5.41, 5.74) is 5.31. The largest absolute Gasteiger partial charge is 0.275 e. The van der Waals surface area contributed by atoms with E-state index in [0.29, 0.717) is 0 Å². The average molecular weight is 230 g/mol. The van der Waals surface area contributed by atoms with Crippen LogP contribution >= 0.6 is 0 Å². The van der Waals surface area contributed by atoms with Gasteiger partial charge in [-0.2, -0.15) is 5.10 Å². The number of hydrogen-bond donors (Lipinski definition) is 2. The first-order chi connectivity index (χ1) is 8.29. The number of aromatic nitrogens is 2. The third kappa shape index (κ3) is 3.15. The van der Waals surface area contributed by atoms with Crippen LogP contribution in [0.5, 0.6) is 0 Å². The first-order valence-corrected chi connectivity index (χ1v) is 5.78. The first-order valence-electron chi connectivity index (χ1n) is 5.78. The number of aryl methyl sites for hydroxylation is 2. The molecule has 17 heavy (non-hydrogen) atoms. The molecule has 0 radical (unpaired) electrons. The molecule has 3 N–H and O–H groups in total. The molecule has 4 heteroatoms. The molecule has 2 aromatic rings. The van der Waals surface area contributed by atoms with Crippen molar-refractivity contribution in [2.75, 3.05) is 0 Å². The second-order valence-electron chi connectivity index (χ2n) is 4.19. The number of nitrogens with zero attached hydrogens (tertiary/aromatic N) is 2. The average Bonchev–Trinajstić information content (AvgIpc) is 2.78. The van der Waals surface area contributed by atoms with E-state index in [0.717, 1.165) is 18.4 Å². The summed E-state index contributed by atoms with van der Waals surface area (Å²) in [5.74, 6) is 5.59. The predicted octanol–water partition coefficient (Wildman–Crippen LogP) is 1.56. The molecule has 90 valence electrons. The second kappa shape index (κ2) is 5.61. The maximum atomic E-state index is 5.59. The van der Waals surface area contributed by atoms with Crippen molar-refractivity contribution < 1.29 is 0 Å². The van der Waals surface area contributed by atoms with Gasteiger partial charge >= 0.3 is 0 Å². The molecule has 0 bridgehead atoms. The topological polar surface area (TPSA) is 55.9 Å². The van der Waals surface area contributed by atoms with E-state index in [2.05, 4.69) is 34.8 Å². The van der Waals surface area contributed by atoms with Crippen molar-refractivity contribution in [3.63, 3.8) is 0 Å². The molecule has 1 heterocycles. The summed E-state index contributed by atoms with van der Waals surface area (Å²) >= 11 is 0. The second-order valence-corrected chi connectivity index (χ2v) is 4.19. The monoisotopic (exact) mass is 230 g/mol. The molecule has 0 aliphatic rings. The van der Waals surface area contributed by atoms with E-state index in [1.54, 1.807) is 4.68 Å². The van der Waals surface area contributed by atoms with Crippen LogP contribution in [0.3, 0.4) is 0 Å². The Hall–Kier alpha value is -1.65. The minimum absolute atomic E-state index is 0.156. The highest BCUT2D eigenvalue weighted by molar-refractivity contribution is 5.16. The Balaban J connectivity index is 1.97. The van der Waals surface area contributed by atoms with Gasteiger partial charge in [-0.15, -0.1) is 0 Å². The Morgan fingerprint density at radius 3 is 2.71 bits per heavy atom. The van der Waals surface area contributed by atoms with E-state index in [1.165, 1.54) is 5.56 Å². The van der Waals surface area contributed by atoms with Gasteiger partial charge in [0.15, 0.2) is 0 Å². The molecule has 0 fully saturated rings. The first kappa shape index (κ1) is 11.8. The number of benzene rings is 1. The lowest BCUT2D eigenvalue weighted by atomic mass is 10.0. The van der Waals surface area contributed by atoms with Crippen molar-refractivity contribution in [2.45, 2.75) is 18.9 Å². The third-order valence-corrected chi connectivity index (χ3v) is 2.89. The molecule has 0 spiro atoms. The lowest BCUT2D eigenvalue weighted by molar-refractivity contribution is 0.516. The summed E-state index contributed by atoms with van der Waals surface area (Å²) in [6, 6.07) is 10.6. The lowest BCUT2D eigenvalue weighted by Crippen LogP contribution is -2.28. The molecular weight excluding hydrogens is 212 g/mol. The fourth-order valence-corrected chi connectivity index (χ4v) is 1.92. The van der Waals surface area contributed by atoms with Crippen LogP contribution in [-0.2, 0) is 13.5 Å². The van der Waals surface area contributed by atoms with Gasteiger partial charge < -0.3 is 0 Å². The van der Waals surface area contributed by atoms with Gasteiger partial charge in [0.1, 0.15) is 0 Å². The third-order valence-electron chi connectivity index (χ3n) is 2.89. The zero-order valence-electron chi connectivity index (χ0n) is 10.0. The fraction of sp³-hybridized carbons (Fsp3) is 0.308. The Morgan fingerprint density at radius 2 is 2.12 bits per heavy atom. The Morgan fingerprint density at radius 1 is 1.35 bits per heavy atom. The minimum Gasteiger partial charge on any atom is -0.275 e. The predicted molar refractivity (Wildman–Crippen MR) is 68.0 cm³/mol. The molecule has 0 aliphatic carbocycles. The van der Waals surface area contributed by atoms with Crippen LogP contribution in [0.1, 0.15) is 23.6 Å². The van der Waals surface area contributed by atoms with Crippen LogP contribution in [0.2, 0.25) is 0 Å². The van der Waals surface area contributed by atoms with Gasteiger partial charge in [0.05, 0.1) is 6.20 Å². The van der Waals surface area contributed by atoms with Crippen LogP contribution in [0.25, 0.3) is 0 Å². The zero-order valence-corrected chi connectivity index (χ0v) is 10.0. The molecule has 0 saturated carbocycles. The molecule has 2 rings (SSSR count). The van der Waals surface area contributed by atoms with Gasteiger partial charge in [0, 0.05) is 24.8 Å². The molecule has 4 nitrogen and oxygen atoms in total. The lowest BCUT2D eigenvalue weighted by Gasteiger charge is -2.13. The van der Waals surface area contributed by atoms with Crippen molar-refractivity contribution in [3.05, 3.63) is 53.9 Å². The van der Waals surface area contributed by atoms with Crippen molar-refractivity contribution in [1.82, 2.24) is 15.2 Å². The van der Waals surface area contributed by atoms with Gasteiger partial charge in [0.25, 0.3) is 0 Å². The number of rotatable bonds is 5. The highest BCUT2D eigenvalue weighted by Crippen LogP contribution is 2.17. The number of nitrogens with one attached hydrogen (secondary N) is 1.